The summed E-state index contributed by atoms with van der Waals surface area (Å²) in [7, 11) is -3.34. The van der Waals surface area contributed by atoms with E-state index in [1.54, 1.807) is 0 Å². The summed E-state index contributed by atoms with van der Waals surface area (Å²) in [6.45, 7) is 6.78. The summed E-state index contributed by atoms with van der Waals surface area (Å²) in [5, 5.41) is 0. The Morgan fingerprint density at radius 3 is 2.71 bits per heavy atom. The van der Waals surface area contributed by atoms with Crippen molar-refractivity contribution in [2.24, 2.45) is 11.7 Å². The van der Waals surface area contributed by atoms with Crippen LogP contribution in [0.15, 0.2) is 0 Å². The third kappa shape index (κ3) is 5.29. The maximum Gasteiger partial charge on any atom is 0.218 e. The van der Waals surface area contributed by atoms with Gasteiger partial charge in [0.1, 0.15) is 5.75 Å². The Hall–Kier alpha value is -0.240. The fraction of sp³-hybridized carbons (Fsp3) is 0.900. The summed E-state index contributed by atoms with van der Waals surface area (Å²) >= 11 is 4.60. The third-order valence-corrected chi connectivity index (χ3v) is 4.60. The highest BCUT2D eigenvalue weighted by atomic mass is 32.2. The van der Waals surface area contributed by atoms with E-state index in [2.05, 4.69) is 35.7 Å². The van der Waals surface area contributed by atoms with Gasteiger partial charge < -0.3 is 10.6 Å². The van der Waals surface area contributed by atoms with Gasteiger partial charge in [0.2, 0.25) is 10.0 Å². The maximum absolute atomic E-state index is 11.5. The molecule has 1 aliphatic rings. The molecule has 0 spiro atoms. The van der Waals surface area contributed by atoms with Crippen LogP contribution >= 0.6 is 12.2 Å². The highest BCUT2D eigenvalue weighted by molar-refractivity contribution is 7.92. The molecule has 17 heavy (non-hydrogen) atoms. The number of rotatable bonds is 6. The summed E-state index contributed by atoms with van der Waals surface area (Å²) in [5.74, 6) is 0.127. The molecule has 5 nitrogen and oxygen atoms in total. The van der Waals surface area contributed by atoms with Gasteiger partial charge in [-0.25, -0.2) is 13.1 Å². The Labute approximate surface area is 109 Å². The number of nitrogens with one attached hydrogen (secondary N) is 1. The molecule has 1 fully saturated rings. The molecule has 1 atom stereocenters. The van der Waals surface area contributed by atoms with Crippen LogP contribution in [0.3, 0.4) is 0 Å². The van der Waals surface area contributed by atoms with Gasteiger partial charge in [0.15, 0.2) is 0 Å². The van der Waals surface area contributed by atoms with Gasteiger partial charge in [0, 0.05) is 19.1 Å². The molecule has 1 aliphatic heterocycles. The van der Waals surface area contributed by atoms with Gasteiger partial charge >= 0.3 is 0 Å². The largest absolute Gasteiger partial charge is 0.392 e. The zero-order chi connectivity index (χ0) is 13.1. The minimum absolute atomic E-state index is 0.00716. The lowest BCUT2D eigenvalue weighted by Crippen LogP contribution is -2.36. The van der Waals surface area contributed by atoms with Gasteiger partial charge in [0.05, 0.1) is 4.99 Å². The van der Waals surface area contributed by atoms with Crippen LogP contribution in [-0.4, -0.2) is 49.7 Å². The van der Waals surface area contributed by atoms with E-state index in [0.29, 0.717) is 18.5 Å². The second kappa shape index (κ2) is 6.08. The maximum atomic E-state index is 11.5. The van der Waals surface area contributed by atoms with Crippen molar-refractivity contribution < 1.29 is 8.42 Å². The van der Waals surface area contributed by atoms with E-state index in [0.717, 1.165) is 19.5 Å². The van der Waals surface area contributed by atoms with Crippen molar-refractivity contribution in [2.45, 2.75) is 26.3 Å². The summed E-state index contributed by atoms with van der Waals surface area (Å²) in [5.41, 5.74) is 5.23. The van der Waals surface area contributed by atoms with E-state index < -0.39 is 10.0 Å². The number of hydrogen-bond acceptors (Lipinski definition) is 4. The van der Waals surface area contributed by atoms with Crippen molar-refractivity contribution >= 4 is 27.2 Å². The van der Waals surface area contributed by atoms with Crippen LogP contribution in [0, 0.1) is 5.92 Å². The first-order chi connectivity index (χ1) is 7.80. The van der Waals surface area contributed by atoms with Crippen LogP contribution in [0.25, 0.3) is 0 Å². The number of hydrogen-bond donors (Lipinski definition) is 2. The standard InChI is InChI=1S/C10H21N3O2S2/c1-8(2)13-4-3-9(6-13)5-12-17(14,15)7-10(11)16/h8-9,12H,3-7H2,1-2H3,(H2,11,16). The van der Waals surface area contributed by atoms with Gasteiger partial charge in [-0.3, -0.25) is 0 Å². The quantitative estimate of drug-likeness (QED) is 0.665. The molecule has 1 heterocycles. The molecule has 0 aromatic heterocycles. The number of sulfonamides is 1. The number of nitrogens with two attached hydrogens (primary N) is 1. The molecule has 3 N–H and O–H groups in total. The highest BCUT2D eigenvalue weighted by Gasteiger charge is 2.25. The molecule has 0 radical (unpaired) electrons. The molecule has 0 saturated carbocycles. The molecule has 1 unspecified atom stereocenters. The van der Waals surface area contributed by atoms with Crippen molar-refractivity contribution in [1.82, 2.24) is 9.62 Å². The van der Waals surface area contributed by atoms with E-state index >= 15 is 0 Å². The molecule has 100 valence electrons. The SMILES string of the molecule is CC(C)N1CCC(CNS(=O)(=O)CC(N)=S)C1. The van der Waals surface area contributed by atoms with E-state index in [1.807, 2.05) is 0 Å². The number of likely N-dealkylation sites (tertiary alicyclic amines) is 1. The predicted molar refractivity (Wildman–Crippen MR) is 73.4 cm³/mol. The summed E-state index contributed by atoms with van der Waals surface area (Å²) in [4.78, 5) is 2.36. The molecular weight excluding hydrogens is 258 g/mol. The molecule has 1 rings (SSSR count). The van der Waals surface area contributed by atoms with E-state index in [4.69, 9.17) is 5.73 Å². The smallest absolute Gasteiger partial charge is 0.218 e. The van der Waals surface area contributed by atoms with Gasteiger partial charge in [-0.05, 0) is 32.7 Å². The zero-order valence-corrected chi connectivity index (χ0v) is 12.0. The second-order valence-electron chi connectivity index (χ2n) is 4.82. The fourth-order valence-corrected chi connectivity index (χ4v) is 3.41. The third-order valence-electron chi connectivity index (χ3n) is 2.97. The van der Waals surface area contributed by atoms with E-state index in [9.17, 15) is 8.42 Å². The normalized spacial score (nSPS) is 22.2. The molecule has 0 aromatic rings. The lowest BCUT2D eigenvalue weighted by Gasteiger charge is -2.20. The van der Waals surface area contributed by atoms with Gasteiger partial charge in [-0.2, -0.15) is 0 Å². The molecule has 0 aliphatic carbocycles. The summed E-state index contributed by atoms with van der Waals surface area (Å²) in [6, 6.07) is 0.522. The van der Waals surface area contributed by atoms with E-state index in [1.165, 1.54) is 0 Å². The summed E-state index contributed by atoms with van der Waals surface area (Å²) in [6.07, 6.45) is 1.04. The molecule has 7 heteroatoms. The zero-order valence-electron chi connectivity index (χ0n) is 10.3. The molecule has 0 aromatic carbocycles. The summed E-state index contributed by atoms with van der Waals surface area (Å²) < 4.78 is 25.6. The van der Waals surface area contributed by atoms with Crippen LogP contribution in [0.1, 0.15) is 20.3 Å². The van der Waals surface area contributed by atoms with Gasteiger partial charge in [-0.15, -0.1) is 0 Å². The van der Waals surface area contributed by atoms with Gasteiger partial charge in [0.25, 0.3) is 0 Å². The first-order valence-corrected chi connectivity index (χ1v) is 7.86. The average Bonchev–Trinajstić information content (AvgIpc) is 2.61. The topological polar surface area (TPSA) is 75.4 Å². The lowest BCUT2D eigenvalue weighted by atomic mass is 10.1. The Kier molecular flexibility index (Phi) is 5.30. The first kappa shape index (κ1) is 14.8. The Morgan fingerprint density at radius 2 is 2.24 bits per heavy atom. The molecule has 0 amide bonds. The molecule has 1 saturated heterocycles. The van der Waals surface area contributed by atoms with Gasteiger partial charge in [-0.1, -0.05) is 12.2 Å². The minimum atomic E-state index is -3.34. The lowest BCUT2D eigenvalue weighted by molar-refractivity contribution is 0.265. The van der Waals surface area contributed by atoms with Crippen LogP contribution in [0.5, 0.6) is 0 Å². The van der Waals surface area contributed by atoms with Crippen LogP contribution in [0.4, 0.5) is 0 Å². The second-order valence-corrected chi connectivity index (χ2v) is 7.15. The van der Waals surface area contributed by atoms with Crippen molar-refractivity contribution in [3.63, 3.8) is 0 Å². The number of nitrogens with zero attached hydrogens (tertiary/aromatic N) is 1. The first-order valence-electron chi connectivity index (χ1n) is 5.80. The van der Waals surface area contributed by atoms with Crippen molar-refractivity contribution in [1.29, 1.82) is 0 Å². The molecule has 0 bridgehead atoms. The average molecular weight is 279 g/mol. The molecular formula is C10H21N3O2S2. The Balaban J connectivity index is 2.35. The van der Waals surface area contributed by atoms with Crippen molar-refractivity contribution in [3.8, 4) is 0 Å². The van der Waals surface area contributed by atoms with Crippen LogP contribution in [0.2, 0.25) is 0 Å². The minimum Gasteiger partial charge on any atom is -0.392 e. The van der Waals surface area contributed by atoms with Crippen molar-refractivity contribution in [3.05, 3.63) is 0 Å². The highest BCUT2D eigenvalue weighted by Crippen LogP contribution is 2.17. The van der Waals surface area contributed by atoms with Crippen LogP contribution in [-0.2, 0) is 10.0 Å². The Bertz CT molecular complexity index is 368. The van der Waals surface area contributed by atoms with E-state index in [-0.39, 0.29) is 10.7 Å². The van der Waals surface area contributed by atoms with Crippen LogP contribution < -0.4 is 10.5 Å². The monoisotopic (exact) mass is 279 g/mol. The predicted octanol–water partition coefficient (Wildman–Crippen LogP) is -0.0778. The fourth-order valence-electron chi connectivity index (χ4n) is 1.98. The Morgan fingerprint density at radius 1 is 1.59 bits per heavy atom. The van der Waals surface area contributed by atoms with Crippen molar-refractivity contribution in [2.75, 3.05) is 25.4 Å². The number of thiocarbonyl (C=S) groups is 1.